The van der Waals surface area contributed by atoms with E-state index in [1.54, 1.807) is 25.3 Å². The van der Waals surface area contributed by atoms with Crippen molar-refractivity contribution >= 4 is 15.9 Å². The van der Waals surface area contributed by atoms with Gasteiger partial charge in [-0.05, 0) is 67.5 Å². The Morgan fingerprint density at radius 1 is 1.13 bits per heavy atom. The summed E-state index contributed by atoms with van der Waals surface area (Å²) < 4.78 is 32.7. The van der Waals surface area contributed by atoms with Crippen LogP contribution in [0.5, 0.6) is 5.75 Å². The number of rotatable bonds is 9. The van der Waals surface area contributed by atoms with Gasteiger partial charge in [0.1, 0.15) is 5.75 Å². The number of nitrogens with zero attached hydrogens (tertiary/aromatic N) is 1. The number of aryl methyl sites for hydroxylation is 2. The number of carbonyl (C=O) groups excluding carboxylic acids is 1. The quantitative estimate of drug-likeness (QED) is 0.637. The minimum Gasteiger partial charge on any atom is -0.496 e. The number of hydrogen-bond donors (Lipinski definition) is 1. The molecule has 1 aliphatic rings. The highest BCUT2D eigenvalue weighted by Gasteiger charge is 2.27. The first kappa shape index (κ1) is 23.3. The third-order valence-electron chi connectivity index (χ3n) is 5.84. The van der Waals surface area contributed by atoms with Crippen molar-refractivity contribution in [1.82, 2.24) is 9.62 Å². The lowest BCUT2D eigenvalue weighted by atomic mass is 10.0. The van der Waals surface area contributed by atoms with E-state index in [9.17, 15) is 13.2 Å². The summed E-state index contributed by atoms with van der Waals surface area (Å²) in [4.78, 5) is 12.8. The summed E-state index contributed by atoms with van der Waals surface area (Å²) in [5.41, 5.74) is 3.04. The van der Waals surface area contributed by atoms with Gasteiger partial charge in [-0.3, -0.25) is 4.79 Å². The highest BCUT2D eigenvalue weighted by atomic mass is 32.2. The first-order chi connectivity index (χ1) is 14.8. The zero-order chi connectivity index (χ0) is 22.4. The maximum Gasteiger partial charge on any atom is 0.243 e. The molecular weight excluding hydrogens is 412 g/mol. The van der Waals surface area contributed by atoms with E-state index in [-0.39, 0.29) is 23.3 Å². The molecule has 1 aliphatic heterocycles. The molecule has 1 saturated heterocycles. The Bertz CT molecular complexity index is 997. The van der Waals surface area contributed by atoms with Gasteiger partial charge in [-0.15, -0.1) is 0 Å². The molecule has 7 heteroatoms. The van der Waals surface area contributed by atoms with Crippen LogP contribution in [0.1, 0.15) is 55.8 Å². The monoisotopic (exact) mass is 444 g/mol. The van der Waals surface area contributed by atoms with Crippen LogP contribution < -0.4 is 10.1 Å². The lowest BCUT2D eigenvalue weighted by Gasteiger charge is -2.18. The van der Waals surface area contributed by atoms with Crippen molar-refractivity contribution in [2.75, 3.05) is 20.2 Å². The third-order valence-corrected chi connectivity index (χ3v) is 7.74. The van der Waals surface area contributed by atoms with Crippen molar-refractivity contribution in [1.29, 1.82) is 0 Å². The Labute approximate surface area is 185 Å². The first-order valence-electron chi connectivity index (χ1n) is 10.9. The van der Waals surface area contributed by atoms with E-state index < -0.39 is 10.0 Å². The molecule has 0 saturated carbocycles. The lowest BCUT2D eigenvalue weighted by Crippen LogP contribution is -2.28. The summed E-state index contributed by atoms with van der Waals surface area (Å²) in [5.74, 6) is 0.512. The molecule has 168 valence electrons. The van der Waals surface area contributed by atoms with Gasteiger partial charge in [-0.2, -0.15) is 4.31 Å². The van der Waals surface area contributed by atoms with Gasteiger partial charge in [0.2, 0.25) is 15.9 Å². The minimum absolute atomic E-state index is 0.0816. The second kappa shape index (κ2) is 10.3. The molecule has 2 aromatic carbocycles. The molecule has 3 rings (SSSR count). The van der Waals surface area contributed by atoms with Gasteiger partial charge in [-0.25, -0.2) is 8.42 Å². The first-order valence-corrected chi connectivity index (χ1v) is 12.3. The molecular formula is C24H32N2O4S. The molecule has 2 aromatic rings. The molecule has 0 spiro atoms. The van der Waals surface area contributed by atoms with Gasteiger partial charge in [0.25, 0.3) is 0 Å². The minimum atomic E-state index is -3.51. The Morgan fingerprint density at radius 2 is 1.81 bits per heavy atom. The van der Waals surface area contributed by atoms with Crippen LogP contribution in [0.2, 0.25) is 0 Å². The summed E-state index contributed by atoms with van der Waals surface area (Å²) in [5, 5.41) is 3.02. The van der Waals surface area contributed by atoms with Crippen LogP contribution >= 0.6 is 0 Å². The number of ether oxygens (including phenoxy) is 1. The van der Waals surface area contributed by atoms with E-state index in [2.05, 4.69) is 24.4 Å². The number of benzene rings is 2. The van der Waals surface area contributed by atoms with Crippen molar-refractivity contribution in [2.24, 2.45) is 0 Å². The van der Waals surface area contributed by atoms with Crippen molar-refractivity contribution < 1.29 is 17.9 Å². The Kier molecular flexibility index (Phi) is 7.73. The zero-order valence-electron chi connectivity index (χ0n) is 18.6. The summed E-state index contributed by atoms with van der Waals surface area (Å²) >= 11 is 0. The number of sulfonamides is 1. The predicted octanol–water partition coefficient (Wildman–Crippen LogP) is 3.85. The Balaban J connectivity index is 1.66. The molecule has 1 amide bonds. The topological polar surface area (TPSA) is 75.7 Å². The predicted molar refractivity (Wildman–Crippen MR) is 122 cm³/mol. The molecule has 0 aromatic heterocycles. The average Bonchev–Trinajstić information content (AvgIpc) is 3.33. The van der Waals surface area contributed by atoms with Crippen LogP contribution in [0.4, 0.5) is 0 Å². The van der Waals surface area contributed by atoms with E-state index in [1.165, 1.54) is 9.87 Å². The summed E-state index contributed by atoms with van der Waals surface area (Å²) in [7, 11) is -1.96. The van der Waals surface area contributed by atoms with Crippen LogP contribution in [0.25, 0.3) is 0 Å². The summed E-state index contributed by atoms with van der Waals surface area (Å²) in [6.07, 6.45) is 3.42. The van der Waals surface area contributed by atoms with E-state index in [0.29, 0.717) is 25.3 Å². The maximum atomic E-state index is 12.9. The fraction of sp³-hybridized carbons (Fsp3) is 0.458. The number of amides is 1. The molecule has 0 radical (unpaired) electrons. The second-order valence-corrected chi connectivity index (χ2v) is 9.91. The fourth-order valence-corrected chi connectivity index (χ4v) is 5.44. The van der Waals surface area contributed by atoms with Gasteiger partial charge < -0.3 is 10.1 Å². The fourth-order valence-electron chi connectivity index (χ4n) is 3.88. The maximum absolute atomic E-state index is 12.9. The van der Waals surface area contributed by atoms with Gasteiger partial charge in [0.05, 0.1) is 18.0 Å². The molecule has 1 heterocycles. The van der Waals surface area contributed by atoms with Crippen molar-refractivity contribution in [2.45, 2.75) is 56.9 Å². The molecule has 1 fully saturated rings. The molecule has 6 nitrogen and oxygen atoms in total. The number of carbonyl (C=O) groups is 1. The standard InChI is InChI=1S/C24H32N2O4S/c1-4-19-7-9-20(10-8-19)18(2)25-24(27)14-11-21-17-22(12-13-23(21)30-3)31(28,29)26-15-5-6-16-26/h7-10,12-13,17-18H,4-6,11,14-16H2,1-3H3,(H,25,27). The highest BCUT2D eigenvalue weighted by molar-refractivity contribution is 7.89. The molecule has 1 unspecified atom stereocenters. The van der Waals surface area contributed by atoms with E-state index in [1.807, 2.05) is 19.1 Å². The van der Waals surface area contributed by atoms with Gasteiger partial charge in [0.15, 0.2) is 0 Å². The number of hydrogen-bond acceptors (Lipinski definition) is 4. The largest absolute Gasteiger partial charge is 0.496 e. The zero-order valence-corrected chi connectivity index (χ0v) is 19.4. The number of nitrogens with one attached hydrogen (secondary N) is 1. The smallest absolute Gasteiger partial charge is 0.243 e. The normalized spacial score (nSPS) is 15.6. The SMILES string of the molecule is CCc1ccc(C(C)NC(=O)CCc2cc(S(=O)(=O)N3CCCC3)ccc2OC)cc1. The van der Waals surface area contributed by atoms with Crippen molar-refractivity contribution in [3.63, 3.8) is 0 Å². The van der Waals surface area contributed by atoms with Gasteiger partial charge in [0, 0.05) is 19.5 Å². The van der Waals surface area contributed by atoms with E-state index in [4.69, 9.17) is 4.74 Å². The van der Waals surface area contributed by atoms with E-state index >= 15 is 0 Å². The van der Waals surface area contributed by atoms with E-state index in [0.717, 1.165) is 30.4 Å². The van der Waals surface area contributed by atoms with Crippen molar-refractivity contribution in [3.8, 4) is 5.75 Å². The highest BCUT2D eigenvalue weighted by Crippen LogP contribution is 2.27. The Hall–Kier alpha value is -2.38. The third kappa shape index (κ3) is 5.66. The summed E-state index contributed by atoms with van der Waals surface area (Å²) in [6, 6.07) is 13.0. The summed E-state index contributed by atoms with van der Waals surface area (Å²) in [6.45, 7) is 5.19. The lowest BCUT2D eigenvalue weighted by molar-refractivity contribution is -0.121. The van der Waals surface area contributed by atoms with Crippen LogP contribution in [0, 0.1) is 0 Å². The van der Waals surface area contributed by atoms with Crippen molar-refractivity contribution in [3.05, 3.63) is 59.2 Å². The molecule has 1 N–H and O–H groups in total. The molecule has 31 heavy (non-hydrogen) atoms. The Morgan fingerprint density at radius 3 is 2.42 bits per heavy atom. The van der Waals surface area contributed by atoms with Gasteiger partial charge >= 0.3 is 0 Å². The average molecular weight is 445 g/mol. The van der Waals surface area contributed by atoms with Crippen LogP contribution in [0.15, 0.2) is 47.4 Å². The second-order valence-electron chi connectivity index (χ2n) is 7.97. The number of methoxy groups -OCH3 is 1. The van der Waals surface area contributed by atoms with Crippen LogP contribution in [0.3, 0.4) is 0 Å². The van der Waals surface area contributed by atoms with Crippen LogP contribution in [-0.2, 0) is 27.7 Å². The molecule has 1 atom stereocenters. The molecule has 0 bridgehead atoms. The molecule has 0 aliphatic carbocycles. The van der Waals surface area contributed by atoms with Crippen LogP contribution in [-0.4, -0.2) is 38.8 Å². The van der Waals surface area contributed by atoms with Gasteiger partial charge in [-0.1, -0.05) is 31.2 Å².